The molecule has 0 aromatic rings. The summed E-state index contributed by atoms with van der Waals surface area (Å²) < 4.78 is 0. The maximum atomic E-state index is 8.33. The monoisotopic (exact) mass is 312 g/mol. The molecule has 0 rings (SSSR count). The van der Waals surface area contributed by atoms with E-state index in [1.165, 1.54) is 0 Å². The molecule has 0 aliphatic rings. The third-order valence-electron chi connectivity index (χ3n) is 0. The molecule has 0 N–H and O–H groups in total. The molecule has 0 aromatic heterocycles. The van der Waals surface area contributed by atoms with Crippen LogP contribution in [-0.2, 0) is 40.8 Å². The molecular weight excluding hydrogens is 313 g/mol. The van der Waals surface area contributed by atoms with Crippen LogP contribution in [0.4, 0.5) is 4.79 Å². The van der Waals surface area contributed by atoms with Crippen molar-refractivity contribution < 1.29 is 55.9 Å². The van der Waals surface area contributed by atoms with Crippen LogP contribution in [0.3, 0.4) is 0 Å². The first kappa shape index (κ1) is 23.2. The van der Waals surface area contributed by atoms with Crippen molar-refractivity contribution in [3.8, 4) is 0 Å². The summed E-state index contributed by atoms with van der Waals surface area (Å²) in [5, 5.41) is 16.7. The van der Waals surface area contributed by atoms with Gasteiger partial charge in [-0.2, -0.15) is 0 Å². The first-order chi connectivity index (χ1) is 1.73. The van der Waals surface area contributed by atoms with E-state index >= 15 is 0 Å². The standard InChI is InChI=1S/CH2O3.Ca.2Pd/c2-1(3)4;;;/h(H2,2,3,4);;;/q;+2;;/p-2. The Labute approximate surface area is 98.2 Å². The molecule has 0 bridgehead atoms. The Morgan fingerprint density at radius 2 is 1.14 bits per heavy atom. The minimum atomic E-state index is -2.33. The SMILES string of the molecule is O=C([O-])[O-].[Ca+2].[Pd].[Pd]. The van der Waals surface area contributed by atoms with E-state index in [4.69, 9.17) is 15.0 Å². The van der Waals surface area contributed by atoms with Gasteiger partial charge in [0.2, 0.25) is 0 Å². The molecule has 7 heavy (non-hydrogen) atoms. The first-order valence-electron chi connectivity index (χ1n) is 0.612. The number of hydrogen-bond acceptors (Lipinski definition) is 3. The van der Waals surface area contributed by atoms with Crippen LogP contribution in [0.5, 0.6) is 0 Å². The largest absolute Gasteiger partial charge is 2.00 e. The van der Waals surface area contributed by atoms with Gasteiger partial charge in [-0.15, -0.1) is 0 Å². The summed E-state index contributed by atoms with van der Waals surface area (Å²) in [6, 6.07) is 0. The summed E-state index contributed by atoms with van der Waals surface area (Å²) in [5.41, 5.74) is 0. The van der Waals surface area contributed by atoms with Crippen molar-refractivity contribution in [3.63, 3.8) is 0 Å². The summed E-state index contributed by atoms with van der Waals surface area (Å²) in [5.74, 6) is 0. The van der Waals surface area contributed by atoms with E-state index in [1.54, 1.807) is 0 Å². The van der Waals surface area contributed by atoms with Crippen LogP contribution in [0.1, 0.15) is 0 Å². The zero-order valence-electron chi connectivity index (χ0n) is 3.06. The number of carbonyl (C=O) groups is 1. The van der Waals surface area contributed by atoms with Gasteiger partial charge in [-0.25, -0.2) is 0 Å². The Balaban J connectivity index is -0.0000000150. The van der Waals surface area contributed by atoms with Crippen LogP contribution in [0.2, 0.25) is 0 Å². The summed E-state index contributed by atoms with van der Waals surface area (Å²) in [7, 11) is 0. The van der Waals surface area contributed by atoms with Crippen molar-refractivity contribution in [2.24, 2.45) is 0 Å². The van der Waals surface area contributed by atoms with Crippen molar-refractivity contribution in [2.45, 2.75) is 0 Å². The Bertz CT molecular complexity index is 35.9. The topological polar surface area (TPSA) is 63.2 Å². The summed E-state index contributed by atoms with van der Waals surface area (Å²) in [4.78, 5) is 8.33. The molecule has 0 fully saturated rings. The molecule has 0 amide bonds. The van der Waals surface area contributed by atoms with Gasteiger partial charge >= 0.3 is 37.7 Å². The molecule has 44 valence electrons. The van der Waals surface area contributed by atoms with Crippen LogP contribution in [-0.4, -0.2) is 43.9 Å². The van der Waals surface area contributed by atoms with Crippen molar-refractivity contribution in [1.29, 1.82) is 0 Å². The van der Waals surface area contributed by atoms with Gasteiger partial charge in [0.1, 0.15) is 0 Å². The maximum Gasteiger partial charge on any atom is 2.00 e. The van der Waals surface area contributed by atoms with Crippen LogP contribution in [0.25, 0.3) is 0 Å². The Morgan fingerprint density at radius 1 is 1.14 bits per heavy atom. The predicted octanol–water partition coefficient (Wildman–Crippen LogP) is -2.83. The fourth-order valence-corrected chi connectivity index (χ4v) is 0. The zero-order chi connectivity index (χ0) is 3.58. The Hall–Kier alpha value is 1.85. The van der Waals surface area contributed by atoms with E-state index < -0.39 is 6.16 Å². The van der Waals surface area contributed by atoms with E-state index in [-0.39, 0.29) is 78.6 Å². The molecule has 0 atom stereocenters. The van der Waals surface area contributed by atoms with E-state index in [0.29, 0.717) is 0 Å². The summed E-state index contributed by atoms with van der Waals surface area (Å²) >= 11 is 0. The number of rotatable bonds is 0. The molecule has 0 unspecified atom stereocenters. The quantitative estimate of drug-likeness (QED) is 0.453. The molecule has 3 nitrogen and oxygen atoms in total. The van der Waals surface area contributed by atoms with Crippen molar-refractivity contribution in [3.05, 3.63) is 0 Å². The van der Waals surface area contributed by atoms with Gasteiger partial charge in [-0.3, -0.25) is 0 Å². The van der Waals surface area contributed by atoms with Crippen LogP contribution >= 0.6 is 0 Å². The maximum absolute atomic E-state index is 8.33. The van der Waals surface area contributed by atoms with E-state index in [2.05, 4.69) is 0 Å². The van der Waals surface area contributed by atoms with Gasteiger partial charge in [0.25, 0.3) is 0 Å². The average molecular weight is 313 g/mol. The second-order valence-corrected chi connectivity index (χ2v) is 0.250. The molecule has 6 heteroatoms. The normalized spacial score (nSPS) is 3.43. The number of carboxylic acid groups (broad SMARTS) is 2. The molecule has 0 saturated carbocycles. The van der Waals surface area contributed by atoms with E-state index in [0.717, 1.165) is 0 Å². The van der Waals surface area contributed by atoms with Gasteiger partial charge in [-0.05, 0) is 6.16 Å². The minimum absolute atomic E-state index is 0. The molecule has 0 radical (unpaired) electrons. The van der Waals surface area contributed by atoms with E-state index in [9.17, 15) is 0 Å². The van der Waals surface area contributed by atoms with E-state index in [1.807, 2.05) is 0 Å². The fraction of sp³-hybridized carbons (Fsp3) is 0. The second-order valence-electron chi connectivity index (χ2n) is 0.250. The predicted molar refractivity (Wildman–Crippen MR) is 11.1 cm³/mol. The average Bonchev–Trinajstić information content (AvgIpc) is 0.811. The molecule has 0 heterocycles. The minimum Gasteiger partial charge on any atom is -0.652 e. The number of carbonyl (C=O) groups excluding carboxylic acids is 1. The summed E-state index contributed by atoms with van der Waals surface area (Å²) in [6.07, 6.45) is -2.33. The van der Waals surface area contributed by atoms with Gasteiger partial charge in [-0.1, -0.05) is 0 Å². The van der Waals surface area contributed by atoms with Gasteiger partial charge in [0.15, 0.2) is 0 Å². The second kappa shape index (κ2) is 15.7. The number of hydrogen-bond donors (Lipinski definition) is 0. The van der Waals surface area contributed by atoms with Crippen LogP contribution in [0, 0.1) is 0 Å². The van der Waals surface area contributed by atoms with Crippen LogP contribution < -0.4 is 10.2 Å². The third-order valence-corrected chi connectivity index (χ3v) is 0. The van der Waals surface area contributed by atoms with Crippen LogP contribution in [0.15, 0.2) is 0 Å². The molecule has 0 spiro atoms. The molecular formula is CCaO3Pd2. The van der Waals surface area contributed by atoms with Crippen molar-refractivity contribution in [1.82, 2.24) is 0 Å². The molecule has 0 saturated heterocycles. The van der Waals surface area contributed by atoms with Gasteiger partial charge < -0.3 is 15.0 Å². The van der Waals surface area contributed by atoms with Gasteiger partial charge in [0.05, 0.1) is 0 Å². The molecule has 0 aliphatic carbocycles. The van der Waals surface area contributed by atoms with Gasteiger partial charge in [0, 0.05) is 40.8 Å². The Kier molecular flexibility index (Phi) is 51.9. The van der Waals surface area contributed by atoms with Crippen molar-refractivity contribution >= 4 is 43.9 Å². The third kappa shape index (κ3) is 78.3. The molecule has 0 aliphatic heterocycles. The first-order valence-corrected chi connectivity index (χ1v) is 0.612. The zero-order valence-corrected chi connectivity index (χ0v) is 8.38. The summed E-state index contributed by atoms with van der Waals surface area (Å²) in [6.45, 7) is 0. The Morgan fingerprint density at radius 3 is 1.14 bits per heavy atom. The fourth-order valence-electron chi connectivity index (χ4n) is 0. The molecule has 0 aromatic carbocycles. The smallest absolute Gasteiger partial charge is 0.652 e. The van der Waals surface area contributed by atoms with Crippen molar-refractivity contribution in [2.75, 3.05) is 0 Å².